The minimum atomic E-state index is -0.303. The summed E-state index contributed by atoms with van der Waals surface area (Å²) in [7, 11) is 4.01. The molecule has 0 aliphatic heterocycles. The normalized spacial score (nSPS) is 10.8. The van der Waals surface area contributed by atoms with Gasteiger partial charge in [-0.25, -0.2) is 4.98 Å². The third-order valence-corrected chi connectivity index (χ3v) is 2.75. The van der Waals surface area contributed by atoms with E-state index in [4.69, 9.17) is 0 Å². The molecule has 20 heavy (non-hydrogen) atoms. The number of aryl methyl sites for hydroxylation is 1. The lowest BCUT2D eigenvalue weighted by Crippen LogP contribution is -2.15. The van der Waals surface area contributed by atoms with Crippen molar-refractivity contribution < 1.29 is 4.79 Å². The molecule has 6 nitrogen and oxygen atoms in total. The molecule has 0 aliphatic carbocycles. The minimum Gasteiger partial charge on any atom is -0.319 e. The van der Waals surface area contributed by atoms with E-state index in [0.29, 0.717) is 5.82 Å². The van der Waals surface area contributed by atoms with Gasteiger partial charge in [-0.05, 0) is 31.8 Å². The average molecular weight is 273 g/mol. The number of anilines is 1. The first-order chi connectivity index (χ1) is 9.58. The fourth-order valence-electron chi connectivity index (χ4n) is 1.85. The van der Waals surface area contributed by atoms with Gasteiger partial charge in [0.15, 0.2) is 0 Å². The van der Waals surface area contributed by atoms with Gasteiger partial charge >= 0.3 is 0 Å². The second kappa shape index (κ2) is 6.29. The van der Waals surface area contributed by atoms with Crippen LogP contribution in [-0.2, 0) is 13.0 Å². The van der Waals surface area contributed by atoms with E-state index in [1.54, 1.807) is 0 Å². The van der Waals surface area contributed by atoms with Gasteiger partial charge in [0.2, 0.25) is 5.82 Å². The number of benzene rings is 1. The van der Waals surface area contributed by atoms with Crippen LogP contribution in [0.2, 0.25) is 0 Å². The van der Waals surface area contributed by atoms with Crippen LogP contribution in [0.3, 0.4) is 0 Å². The van der Waals surface area contributed by atoms with Crippen molar-refractivity contribution in [3.05, 3.63) is 41.5 Å². The zero-order valence-corrected chi connectivity index (χ0v) is 12.0. The molecule has 2 rings (SSSR count). The molecule has 0 saturated heterocycles. The van der Waals surface area contributed by atoms with Crippen LogP contribution in [0.5, 0.6) is 0 Å². The second-order valence-electron chi connectivity index (χ2n) is 4.85. The standard InChI is InChI=1S/C14H19N5O/c1-4-12-16-13(18-17-12)14(20)15-11-7-5-6-10(8-11)9-19(2)3/h5-8H,4,9H2,1-3H3,(H,15,20)(H,16,17,18). The molecule has 106 valence electrons. The number of nitrogens with zero attached hydrogens (tertiary/aromatic N) is 3. The lowest BCUT2D eigenvalue weighted by Gasteiger charge is -2.11. The van der Waals surface area contributed by atoms with Gasteiger partial charge in [0.05, 0.1) is 0 Å². The molecule has 6 heteroatoms. The molecule has 1 aromatic heterocycles. The number of carbonyl (C=O) groups is 1. The number of carbonyl (C=O) groups excluding carboxylic acids is 1. The van der Waals surface area contributed by atoms with Crippen molar-refractivity contribution in [2.45, 2.75) is 19.9 Å². The van der Waals surface area contributed by atoms with E-state index in [9.17, 15) is 4.79 Å². The van der Waals surface area contributed by atoms with E-state index in [-0.39, 0.29) is 11.7 Å². The van der Waals surface area contributed by atoms with Crippen LogP contribution in [0.4, 0.5) is 5.69 Å². The number of amides is 1. The van der Waals surface area contributed by atoms with Crippen LogP contribution in [0.25, 0.3) is 0 Å². The molecule has 0 fully saturated rings. The Labute approximate surface area is 118 Å². The van der Waals surface area contributed by atoms with E-state index in [0.717, 1.165) is 24.2 Å². The highest BCUT2D eigenvalue weighted by molar-refractivity contribution is 6.01. The number of H-pyrrole nitrogens is 1. The highest BCUT2D eigenvalue weighted by Crippen LogP contribution is 2.12. The third-order valence-electron chi connectivity index (χ3n) is 2.75. The average Bonchev–Trinajstić information content (AvgIpc) is 2.87. The molecule has 0 unspecified atom stereocenters. The van der Waals surface area contributed by atoms with Gasteiger partial charge in [0.25, 0.3) is 5.91 Å². The van der Waals surface area contributed by atoms with Crippen molar-refractivity contribution in [3.63, 3.8) is 0 Å². The van der Waals surface area contributed by atoms with E-state index in [2.05, 4.69) is 25.4 Å². The first-order valence-corrected chi connectivity index (χ1v) is 6.54. The Morgan fingerprint density at radius 3 is 2.85 bits per heavy atom. The summed E-state index contributed by atoms with van der Waals surface area (Å²) >= 11 is 0. The summed E-state index contributed by atoms with van der Waals surface area (Å²) in [6.07, 6.45) is 0.721. The molecule has 1 heterocycles. The number of hydrogen-bond donors (Lipinski definition) is 2. The van der Waals surface area contributed by atoms with Crippen LogP contribution in [-0.4, -0.2) is 40.1 Å². The van der Waals surface area contributed by atoms with Crippen molar-refractivity contribution in [2.24, 2.45) is 0 Å². The van der Waals surface area contributed by atoms with Gasteiger partial charge < -0.3 is 10.2 Å². The van der Waals surface area contributed by atoms with Crippen LogP contribution in [0.15, 0.2) is 24.3 Å². The Morgan fingerprint density at radius 1 is 1.40 bits per heavy atom. The number of rotatable bonds is 5. The zero-order chi connectivity index (χ0) is 14.5. The van der Waals surface area contributed by atoms with E-state index in [1.165, 1.54) is 0 Å². The van der Waals surface area contributed by atoms with E-state index < -0.39 is 0 Å². The van der Waals surface area contributed by atoms with Gasteiger partial charge in [-0.2, -0.15) is 0 Å². The molecule has 1 amide bonds. The van der Waals surface area contributed by atoms with Gasteiger partial charge in [0.1, 0.15) is 5.82 Å². The largest absolute Gasteiger partial charge is 0.319 e. The van der Waals surface area contributed by atoms with Gasteiger partial charge in [-0.1, -0.05) is 19.1 Å². The van der Waals surface area contributed by atoms with E-state index >= 15 is 0 Å². The lowest BCUT2D eigenvalue weighted by atomic mass is 10.2. The van der Waals surface area contributed by atoms with Crippen molar-refractivity contribution in [1.82, 2.24) is 20.1 Å². The fourth-order valence-corrected chi connectivity index (χ4v) is 1.85. The summed E-state index contributed by atoms with van der Waals surface area (Å²) in [4.78, 5) is 18.2. The summed E-state index contributed by atoms with van der Waals surface area (Å²) in [5, 5.41) is 9.44. The molecule has 2 aromatic rings. The highest BCUT2D eigenvalue weighted by Gasteiger charge is 2.12. The Balaban J connectivity index is 2.07. The number of hydrogen-bond acceptors (Lipinski definition) is 4. The Morgan fingerprint density at radius 2 is 2.20 bits per heavy atom. The van der Waals surface area contributed by atoms with Crippen LogP contribution in [0, 0.1) is 0 Å². The van der Waals surface area contributed by atoms with Gasteiger partial charge in [0, 0.05) is 18.7 Å². The summed E-state index contributed by atoms with van der Waals surface area (Å²) in [6, 6.07) is 7.75. The Kier molecular flexibility index (Phi) is 4.47. The number of aromatic amines is 1. The highest BCUT2D eigenvalue weighted by atomic mass is 16.2. The summed E-state index contributed by atoms with van der Waals surface area (Å²) in [5.74, 6) is 0.569. The van der Waals surface area contributed by atoms with Crippen molar-refractivity contribution in [2.75, 3.05) is 19.4 Å². The molecule has 1 aromatic carbocycles. The molecular formula is C14H19N5O. The maximum Gasteiger partial charge on any atom is 0.295 e. The Hall–Kier alpha value is -2.21. The van der Waals surface area contributed by atoms with Gasteiger partial charge in [-0.3, -0.25) is 9.89 Å². The summed E-state index contributed by atoms with van der Waals surface area (Å²) in [5.41, 5.74) is 1.88. The molecule has 0 spiro atoms. The molecule has 0 radical (unpaired) electrons. The third kappa shape index (κ3) is 3.64. The van der Waals surface area contributed by atoms with Gasteiger partial charge in [-0.15, -0.1) is 5.10 Å². The minimum absolute atomic E-state index is 0.167. The van der Waals surface area contributed by atoms with Crippen LogP contribution >= 0.6 is 0 Å². The molecule has 0 bridgehead atoms. The predicted octanol–water partition coefficient (Wildman–Crippen LogP) is 1.68. The van der Waals surface area contributed by atoms with Crippen LogP contribution < -0.4 is 5.32 Å². The molecular weight excluding hydrogens is 254 g/mol. The molecule has 2 N–H and O–H groups in total. The first-order valence-electron chi connectivity index (χ1n) is 6.54. The van der Waals surface area contributed by atoms with Crippen molar-refractivity contribution in [3.8, 4) is 0 Å². The zero-order valence-electron chi connectivity index (χ0n) is 12.0. The SMILES string of the molecule is CCc1nc(C(=O)Nc2cccc(CN(C)C)c2)n[nH]1. The fraction of sp³-hybridized carbons (Fsp3) is 0.357. The summed E-state index contributed by atoms with van der Waals surface area (Å²) in [6.45, 7) is 2.78. The monoisotopic (exact) mass is 273 g/mol. The maximum absolute atomic E-state index is 12.0. The first kappa shape index (κ1) is 14.2. The number of aromatic nitrogens is 3. The molecule has 0 atom stereocenters. The quantitative estimate of drug-likeness (QED) is 0.869. The second-order valence-corrected chi connectivity index (χ2v) is 4.85. The molecule has 0 saturated carbocycles. The van der Waals surface area contributed by atoms with Crippen LogP contribution in [0.1, 0.15) is 28.9 Å². The molecule has 0 aliphatic rings. The maximum atomic E-state index is 12.0. The smallest absolute Gasteiger partial charge is 0.295 e. The summed E-state index contributed by atoms with van der Waals surface area (Å²) < 4.78 is 0. The lowest BCUT2D eigenvalue weighted by molar-refractivity contribution is 0.101. The number of nitrogens with one attached hydrogen (secondary N) is 2. The van der Waals surface area contributed by atoms with Crippen molar-refractivity contribution >= 4 is 11.6 Å². The van der Waals surface area contributed by atoms with Crippen molar-refractivity contribution in [1.29, 1.82) is 0 Å². The topological polar surface area (TPSA) is 73.9 Å². The Bertz CT molecular complexity index is 591. The predicted molar refractivity (Wildman–Crippen MR) is 77.5 cm³/mol. The van der Waals surface area contributed by atoms with E-state index in [1.807, 2.05) is 45.3 Å².